The van der Waals surface area contributed by atoms with Crippen LogP contribution in [0.3, 0.4) is 0 Å². The minimum Gasteiger partial charge on any atom is -0.348 e. The number of fused-ring (bicyclic) bond motifs is 1. The van der Waals surface area contributed by atoms with E-state index < -0.39 is 0 Å². The Morgan fingerprint density at radius 1 is 1.24 bits per heavy atom. The van der Waals surface area contributed by atoms with Gasteiger partial charge in [-0.15, -0.1) is 0 Å². The highest BCUT2D eigenvalue weighted by molar-refractivity contribution is 5.77. The van der Waals surface area contributed by atoms with Gasteiger partial charge in [0.2, 0.25) is 0 Å². The van der Waals surface area contributed by atoms with E-state index in [9.17, 15) is 4.79 Å². The first-order chi connectivity index (χ1) is 10.2. The highest BCUT2D eigenvalue weighted by atomic mass is 16.2. The minimum absolute atomic E-state index is 0.239. The molecule has 1 saturated carbocycles. The van der Waals surface area contributed by atoms with Gasteiger partial charge in [0.25, 0.3) is 5.91 Å². The third-order valence-corrected chi connectivity index (χ3v) is 5.18. The molecular formula is C18H27N2O+. The molecule has 1 unspecified atom stereocenters. The molecule has 1 aromatic carbocycles. The van der Waals surface area contributed by atoms with Crippen LogP contribution < -0.4 is 10.2 Å². The first-order valence-corrected chi connectivity index (χ1v) is 8.42. The van der Waals surface area contributed by atoms with Gasteiger partial charge in [-0.25, -0.2) is 0 Å². The van der Waals surface area contributed by atoms with Gasteiger partial charge in [-0.3, -0.25) is 4.79 Å². The number of carbonyl (C=O) groups excluding carboxylic acids is 1. The molecule has 0 saturated heterocycles. The summed E-state index contributed by atoms with van der Waals surface area (Å²) in [4.78, 5) is 13.7. The molecule has 3 atom stereocenters. The molecule has 114 valence electrons. The first kappa shape index (κ1) is 14.6. The Hall–Kier alpha value is -1.35. The standard InChI is InChI=1S/C18H26N2O/c1-14-6-2-5-9-17(14)19-18(21)13-20-11-10-15-7-3-4-8-16(15)12-20/h3-4,7-8,14,17H,2,5-6,9-13H2,1H3,(H,19,21)/p+1/t14-,17-/m1/s1. The number of hydrogen-bond donors (Lipinski definition) is 2. The minimum atomic E-state index is 0.239. The largest absolute Gasteiger partial charge is 0.348 e. The van der Waals surface area contributed by atoms with Crippen LogP contribution in [0, 0.1) is 5.92 Å². The number of amides is 1. The molecule has 0 radical (unpaired) electrons. The average molecular weight is 287 g/mol. The predicted octanol–water partition coefficient (Wildman–Crippen LogP) is 1.32. The van der Waals surface area contributed by atoms with Crippen LogP contribution in [-0.2, 0) is 17.8 Å². The molecule has 0 spiro atoms. The Labute approximate surface area is 127 Å². The summed E-state index contributed by atoms with van der Waals surface area (Å²) >= 11 is 0. The molecule has 0 aromatic heterocycles. The lowest BCUT2D eigenvalue weighted by Crippen LogP contribution is -3.13. The monoisotopic (exact) mass is 287 g/mol. The van der Waals surface area contributed by atoms with Gasteiger partial charge in [0, 0.05) is 18.0 Å². The number of benzene rings is 1. The first-order valence-electron chi connectivity index (χ1n) is 8.42. The lowest BCUT2D eigenvalue weighted by molar-refractivity contribution is -0.908. The molecule has 3 nitrogen and oxygen atoms in total. The number of nitrogens with one attached hydrogen (secondary N) is 2. The molecule has 2 N–H and O–H groups in total. The molecule has 3 heteroatoms. The molecule has 1 amide bonds. The summed E-state index contributed by atoms with van der Waals surface area (Å²) in [7, 11) is 0. The van der Waals surface area contributed by atoms with Crippen molar-refractivity contribution in [2.24, 2.45) is 5.92 Å². The van der Waals surface area contributed by atoms with E-state index in [0.717, 1.165) is 25.9 Å². The molecule has 0 bridgehead atoms. The summed E-state index contributed by atoms with van der Waals surface area (Å²) in [5.74, 6) is 0.878. The van der Waals surface area contributed by atoms with Crippen molar-refractivity contribution >= 4 is 5.91 Å². The van der Waals surface area contributed by atoms with Gasteiger partial charge in [0.05, 0.1) is 6.54 Å². The zero-order valence-corrected chi connectivity index (χ0v) is 13.0. The summed E-state index contributed by atoms with van der Waals surface area (Å²) in [6, 6.07) is 9.04. The maximum atomic E-state index is 12.3. The van der Waals surface area contributed by atoms with Gasteiger partial charge in [0.15, 0.2) is 6.54 Å². The second kappa shape index (κ2) is 6.61. The summed E-state index contributed by atoms with van der Waals surface area (Å²) in [5.41, 5.74) is 2.88. The molecule has 21 heavy (non-hydrogen) atoms. The van der Waals surface area contributed by atoms with E-state index in [0.29, 0.717) is 18.5 Å². The van der Waals surface area contributed by atoms with Crippen LogP contribution in [0.25, 0.3) is 0 Å². The highest BCUT2D eigenvalue weighted by Gasteiger charge is 2.26. The van der Waals surface area contributed by atoms with Crippen molar-refractivity contribution < 1.29 is 9.69 Å². The molecular weight excluding hydrogens is 260 g/mol. The van der Waals surface area contributed by atoms with Crippen LogP contribution in [-0.4, -0.2) is 25.0 Å². The third kappa shape index (κ3) is 3.65. The van der Waals surface area contributed by atoms with Crippen LogP contribution in [0.1, 0.15) is 43.7 Å². The SMILES string of the molecule is C[C@@H]1CCCC[C@H]1NC(=O)C[NH+]1CCc2ccccc2C1. The topological polar surface area (TPSA) is 33.5 Å². The van der Waals surface area contributed by atoms with E-state index in [1.165, 1.54) is 35.3 Å². The second-order valence-corrected chi connectivity index (χ2v) is 6.81. The molecule has 1 aromatic rings. The fourth-order valence-electron chi connectivity index (χ4n) is 3.81. The fourth-order valence-corrected chi connectivity index (χ4v) is 3.81. The van der Waals surface area contributed by atoms with Crippen molar-refractivity contribution in [3.8, 4) is 0 Å². The quantitative estimate of drug-likeness (QED) is 0.864. The fraction of sp³-hybridized carbons (Fsp3) is 0.611. The van der Waals surface area contributed by atoms with Crippen LogP contribution in [0.4, 0.5) is 0 Å². The van der Waals surface area contributed by atoms with E-state index in [1.54, 1.807) is 0 Å². The van der Waals surface area contributed by atoms with Gasteiger partial charge in [0.1, 0.15) is 6.54 Å². The maximum Gasteiger partial charge on any atom is 0.275 e. The normalized spacial score (nSPS) is 28.7. The van der Waals surface area contributed by atoms with E-state index >= 15 is 0 Å². The van der Waals surface area contributed by atoms with Gasteiger partial charge >= 0.3 is 0 Å². The molecule has 1 aliphatic carbocycles. The molecule has 1 heterocycles. The van der Waals surface area contributed by atoms with Crippen molar-refractivity contribution in [3.05, 3.63) is 35.4 Å². The van der Waals surface area contributed by atoms with Gasteiger partial charge < -0.3 is 10.2 Å². The van der Waals surface area contributed by atoms with E-state index in [-0.39, 0.29) is 5.91 Å². The zero-order valence-electron chi connectivity index (χ0n) is 13.0. The zero-order chi connectivity index (χ0) is 14.7. The molecule has 2 aliphatic rings. The number of carbonyl (C=O) groups is 1. The molecule has 1 aliphatic heterocycles. The van der Waals surface area contributed by atoms with Crippen LogP contribution in [0.2, 0.25) is 0 Å². The average Bonchev–Trinajstić information content (AvgIpc) is 2.49. The summed E-state index contributed by atoms with van der Waals surface area (Å²) < 4.78 is 0. The van der Waals surface area contributed by atoms with Crippen LogP contribution in [0.5, 0.6) is 0 Å². The lowest BCUT2D eigenvalue weighted by atomic mass is 9.86. The van der Waals surface area contributed by atoms with Gasteiger partial charge in [-0.05, 0) is 24.3 Å². The van der Waals surface area contributed by atoms with Crippen molar-refractivity contribution in [2.75, 3.05) is 13.1 Å². The number of rotatable bonds is 3. The third-order valence-electron chi connectivity index (χ3n) is 5.18. The lowest BCUT2D eigenvalue weighted by Gasteiger charge is -2.30. The summed E-state index contributed by atoms with van der Waals surface area (Å²) in [5, 5.41) is 3.28. The second-order valence-electron chi connectivity index (χ2n) is 6.81. The van der Waals surface area contributed by atoms with E-state index in [4.69, 9.17) is 0 Å². The Morgan fingerprint density at radius 2 is 2.00 bits per heavy atom. The van der Waals surface area contributed by atoms with Crippen molar-refractivity contribution in [2.45, 2.75) is 51.6 Å². The summed E-state index contributed by atoms with van der Waals surface area (Å²) in [6.45, 7) is 4.96. The highest BCUT2D eigenvalue weighted by Crippen LogP contribution is 2.23. The Bertz CT molecular complexity index is 500. The Balaban J connectivity index is 1.52. The van der Waals surface area contributed by atoms with Gasteiger partial charge in [-0.1, -0.05) is 44.0 Å². The predicted molar refractivity (Wildman–Crippen MR) is 84.1 cm³/mol. The van der Waals surface area contributed by atoms with Crippen molar-refractivity contribution in [3.63, 3.8) is 0 Å². The maximum absolute atomic E-state index is 12.3. The molecule has 1 fully saturated rings. The molecule has 3 rings (SSSR count). The van der Waals surface area contributed by atoms with Crippen molar-refractivity contribution in [1.82, 2.24) is 5.32 Å². The Kier molecular flexibility index (Phi) is 4.59. The number of hydrogen-bond acceptors (Lipinski definition) is 1. The smallest absolute Gasteiger partial charge is 0.275 e. The summed E-state index contributed by atoms with van der Waals surface area (Å²) in [6.07, 6.45) is 6.10. The van der Waals surface area contributed by atoms with Crippen LogP contribution in [0.15, 0.2) is 24.3 Å². The van der Waals surface area contributed by atoms with Crippen LogP contribution >= 0.6 is 0 Å². The van der Waals surface area contributed by atoms with Crippen molar-refractivity contribution in [1.29, 1.82) is 0 Å². The van der Waals surface area contributed by atoms with Gasteiger partial charge in [-0.2, -0.15) is 0 Å². The number of quaternary nitrogens is 1. The van der Waals surface area contributed by atoms with E-state index in [2.05, 4.69) is 36.5 Å². The van der Waals surface area contributed by atoms with E-state index in [1.807, 2.05) is 0 Å². The Morgan fingerprint density at radius 3 is 2.81 bits per heavy atom.